The average molecular weight is 433 g/mol. The third kappa shape index (κ3) is 4.32. The van der Waals surface area contributed by atoms with Crippen LogP contribution in [-0.2, 0) is 30.5 Å². The lowest BCUT2D eigenvalue weighted by molar-refractivity contribution is -0.141. The third-order valence-electron chi connectivity index (χ3n) is 4.97. The summed E-state index contributed by atoms with van der Waals surface area (Å²) >= 11 is 0. The van der Waals surface area contributed by atoms with Crippen molar-refractivity contribution in [2.24, 2.45) is 0 Å². The Bertz CT molecular complexity index is 1110. The van der Waals surface area contributed by atoms with Gasteiger partial charge >= 0.3 is 6.18 Å². The molecule has 0 unspecified atom stereocenters. The van der Waals surface area contributed by atoms with Crippen LogP contribution in [-0.4, -0.2) is 47.5 Å². The summed E-state index contributed by atoms with van der Waals surface area (Å²) in [6.45, 7) is 4.28. The van der Waals surface area contributed by atoms with Gasteiger partial charge in [-0.1, -0.05) is 5.21 Å². The summed E-state index contributed by atoms with van der Waals surface area (Å²) in [6, 6.07) is 3.94. The zero-order chi connectivity index (χ0) is 22.2. The molecule has 1 amide bonds. The smallest absolute Gasteiger partial charge is 0.433 e. The zero-order valence-corrected chi connectivity index (χ0v) is 16.7. The molecule has 0 aromatic carbocycles. The molecule has 4 heterocycles. The van der Waals surface area contributed by atoms with Crippen molar-refractivity contribution in [2.45, 2.75) is 39.6 Å². The number of fused-ring (bicyclic) bond motifs is 1. The first kappa shape index (κ1) is 20.7. The zero-order valence-electron chi connectivity index (χ0n) is 16.7. The van der Waals surface area contributed by atoms with E-state index in [0.29, 0.717) is 42.5 Å². The Morgan fingerprint density at radius 3 is 2.71 bits per heavy atom. The van der Waals surface area contributed by atoms with Gasteiger partial charge in [0.05, 0.1) is 29.8 Å². The Labute approximate surface area is 174 Å². The minimum atomic E-state index is -4.52. The standard InChI is InChI=1S/C19H18F3N7O2/c1-11-16(29(27-24-11)14-3-4-17(23-8-14)19(20,21)22)10-31-18-7-13-5-6-28(12(2)30)9-15(13)25-26-18/h3-4,7-8H,5-6,9-10H2,1-2H3. The monoisotopic (exact) mass is 433 g/mol. The van der Waals surface area contributed by atoms with Crippen LogP contribution in [0.2, 0.25) is 0 Å². The first-order chi connectivity index (χ1) is 14.7. The predicted molar refractivity (Wildman–Crippen MR) is 100 cm³/mol. The van der Waals surface area contributed by atoms with Crippen molar-refractivity contribution in [1.29, 1.82) is 0 Å². The fourth-order valence-electron chi connectivity index (χ4n) is 3.21. The Morgan fingerprint density at radius 1 is 1.23 bits per heavy atom. The van der Waals surface area contributed by atoms with Crippen molar-refractivity contribution < 1.29 is 22.7 Å². The highest BCUT2D eigenvalue weighted by atomic mass is 19.4. The number of halogens is 3. The van der Waals surface area contributed by atoms with Crippen molar-refractivity contribution in [3.63, 3.8) is 0 Å². The molecule has 0 spiro atoms. The van der Waals surface area contributed by atoms with Gasteiger partial charge in [-0.3, -0.25) is 4.79 Å². The quantitative estimate of drug-likeness (QED) is 0.622. The lowest BCUT2D eigenvalue weighted by atomic mass is 10.1. The number of hydrogen-bond donors (Lipinski definition) is 0. The number of ether oxygens (including phenoxy) is 1. The topological polar surface area (TPSA) is 98.9 Å². The van der Waals surface area contributed by atoms with Crippen molar-refractivity contribution in [3.8, 4) is 11.6 Å². The fourth-order valence-corrected chi connectivity index (χ4v) is 3.21. The Morgan fingerprint density at radius 2 is 2.03 bits per heavy atom. The van der Waals surface area contributed by atoms with Gasteiger partial charge in [-0.05, 0) is 31.0 Å². The number of pyridine rings is 1. The van der Waals surface area contributed by atoms with Gasteiger partial charge in [-0.15, -0.1) is 15.3 Å². The van der Waals surface area contributed by atoms with E-state index in [4.69, 9.17) is 4.74 Å². The van der Waals surface area contributed by atoms with E-state index in [1.807, 2.05) is 0 Å². The van der Waals surface area contributed by atoms with Gasteiger partial charge in [0.1, 0.15) is 18.0 Å². The maximum Gasteiger partial charge on any atom is 0.433 e. The van der Waals surface area contributed by atoms with Gasteiger partial charge in [0.15, 0.2) is 0 Å². The van der Waals surface area contributed by atoms with E-state index in [-0.39, 0.29) is 12.5 Å². The van der Waals surface area contributed by atoms with E-state index in [2.05, 4.69) is 25.5 Å². The Hall–Kier alpha value is -3.57. The molecular formula is C19H18F3N7O2. The molecule has 9 nitrogen and oxygen atoms in total. The van der Waals surface area contributed by atoms with Gasteiger partial charge in [-0.2, -0.15) is 13.2 Å². The number of hydrogen-bond acceptors (Lipinski definition) is 7. The van der Waals surface area contributed by atoms with Gasteiger partial charge in [0.25, 0.3) is 0 Å². The van der Waals surface area contributed by atoms with E-state index < -0.39 is 11.9 Å². The van der Waals surface area contributed by atoms with E-state index in [0.717, 1.165) is 23.5 Å². The summed E-state index contributed by atoms with van der Waals surface area (Å²) in [5, 5.41) is 16.2. The maximum atomic E-state index is 12.7. The fraction of sp³-hybridized carbons (Fsp3) is 0.368. The number of rotatable bonds is 4. The molecule has 0 saturated carbocycles. The maximum absolute atomic E-state index is 12.7. The molecule has 0 atom stereocenters. The minimum absolute atomic E-state index is 0.0123. The summed E-state index contributed by atoms with van der Waals surface area (Å²) in [5.41, 5.74) is 2.13. The number of aryl methyl sites for hydroxylation is 1. The van der Waals surface area contributed by atoms with Crippen LogP contribution in [0.1, 0.15) is 35.3 Å². The van der Waals surface area contributed by atoms with Crippen molar-refractivity contribution in [1.82, 2.24) is 35.1 Å². The lowest BCUT2D eigenvalue weighted by Crippen LogP contribution is -2.35. The van der Waals surface area contributed by atoms with Crippen LogP contribution < -0.4 is 4.74 Å². The molecule has 162 valence electrons. The summed E-state index contributed by atoms with van der Waals surface area (Å²) in [5.74, 6) is 0.287. The molecule has 0 radical (unpaired) electrons. The number of amides is 1. The molecule has 0 bridgehead atoms. The van der Waals surface area contributed by atoms with Crippen molar-refractivity contribution in [3.05, 3.63) is 52.7 Å². The van der Waals surface area contributed by atoms with Gasteiger partial charge in [0, 0.05) is 19.5 Å². The highest BCUT2D eigenvalue weighted by Gasteiger charge is 2.32. The van der Waals surface area contributed by atoms with Crippen molar-refractivity contribution >= 4 is 5.91 Å². The number of carbonyl (C=O) groups excluding carboxylic acids is 1. The molecular weight excluding hydrogens is 415 g/mol. The molecule has 3 aromatic heterocycles. The van der Waals surface area contributed by atoms with Crippen LogP contribution in [0.5, 0.6) is 5.88 Å². The highest BCUT2D eigenvalue weighted by Crippen LogP contribution is 2.28. The highest BCUT2D eigenvalue weighted by molar-refractivity contribution is 5.73. The van der Waals surface area contributed by atoms with Crippen LogP contribution in [0.4, 0.5) is 13.2 Å². The van der Waals surface area contributed by atoms with Crippen LogP contribution in [0.15, 0.2) is 24.4 Å². The van der Waals surface area contributed by atoms with Crippen LogP contribution >= 0.6 is 0 Å². The third-order valence-corrected chi connectivity index (χ3v) is 4.97. The summed E-state index contributed by atoms with van der Waals surface area (Å²) in [4.78, 5) is 16.7. The molecule has 0 aliphatic carbocycles. The first-order valence-corrected chi connectivity index (χ1v) is 9.41. The normalized spacial score (nSPS) is 13.8. The second kappa shape index (κ2) is 7.93. The van der Waals surface area contributed by atoms with E-state index >= 15 is 0 Å². The average Bonchev–Trinajstić information content (AvgIpc) is 3.11. The number of alkyl halides is 3. The second-order valence-electron chi connectivity index (χ2n) is 7.07. The second-order valence-corrected chi connectivity index (χ2v) is 7.07. The Kier molecular flexibility index (Phi) is 5.29. The lowest BCUT2D eigenvalue weighted by Gasteiger charge is -2.26. The van der Waals surface area contributed by atoms with E-state index in [1.165, 1.54) is 17.7 Å². The summed E-state index contributed by atoms with van der Waals surface area (Å²) < 4.78 is 45.4. The first-order valence-electron chi connectivity index (χ1n) is 9.41. The number of carbonyl (C=O) groups is 1. The summed E-state index contributed by atoms with van der Waals surface area (Å²) in [7, 11) is 0. The van der Waals surface area contributed by atoms with Gasteiger partial charge in [0.2, 0.25) is 11.8 Å². The predicted octanol–water partition coefficient (Wildman–Crippen LogP) is 2.26. The van der Waals surface area contributed by atoms with Crippen molar-refractivity contribution in [2.75, 3.05) is 6.54 Å². The minimum Gasteiger partial charge on any atom is -0.470 e. The molecule has 0 saturated heterocycles. The molecule has 1 aliphatic rings. The Balaban J connectivity index is 1.50. The number of nitrogens with zero attached hydrogens (tertiary/aromatic N) is 7. The van der Waals surface area contributed by atoms with Gasteiger partial charge in [-0.25, -0.2) is 9.67 Å². The van der Waals surface area contributed by atoms with Gasteiger partial charge < -0.3 is 9.64 Å². The molecule has 12 heteroatoms. The number of aromatic nitrogens is 6. The van der Waals surface area contributed by atoms with Crippen LogP contribution in [0.3, 0.4) is 0 Å². The molecule has 4 rings (SSSR count). The molecule has 0 fully saturated rings. The van der Waals surface area contributed by atoms with Crippen LogP contribution in [0.25, 0.3) is 5.69 Å². The van der Waals surface area contributed by atoms with E-state index in [1.54, 1.807) is 17.9 Å². The van der Waals surface area contributed by atoms with E-state index in [9.17, 15) is 18.0 Å². The SMILES string of the molecule is CC(=O)N1CCc2cc(OCc3c(C)nnn3-c3ccc(C(F)(F)F)nc3)nnc2C1. The largest absolute Gasteiger partial charge is 0.470 e. The molecule has 0 N–H and O–H groups in total. The molecule has 1 aliphatic heterocycles. The molecule has 3 aromatic rings. The summed E-state index contributed by atoms with van der Waals surface area (Å²) in [6.07, 6.45) is -2.79. The molecule has 31 heavy (non-hydrogen) atoms. The van der Waals surface area contributed by atoms with Crippen LogP contribution in [0, 0.1) is 6.92 Å².